The molecule has 0 aliphatic rings. The molecule has 0 bridgehead atoms. The molecule has 0 saturated carbocycles. The van der Waals surface area contributed by atoms with Crippen molar-refractivity contribution in [2.75, 3.05) is 5.75 Å². The molecule has 3 rings (SSSR count). The lowest BCUT2D eigenvalue weighted by atomic mass is 10.0. The molecule has 0 aliphatic carbocycles. The van der Waals surface area contributed by atoms with Gasteiger partial charge in [-0.15, -0.1) is 11.8 Å². The van der Waals surface area contributed by atoms with Crippen molar-refractivity contribution in [3.8, 4) is 0 Å². The van der Waals surface area contributed by atoms with Gasteiger partial charge in [0.2, 0.25) is 0 Å². The fraction of sp³-hybridized carbons (Fsp3) is 0.238. The maximum absolute atomic E-state index is 13.8. The topological polar surface area (TPSA) is 42.0 Å². The summed E-state index contributed by atoms with van der Waals surface area (Å²) in [6, 6.07) is 4.10. The molecule has 3 nitrogen and oxygen atoms in total. The van der Waals surface area contributed by atoms with E-state index in [1.165, 1.54) is 6.07 Å². The lowest BCUT2D eigenvalue weighted by Crippen LogP contribution is -2.25. The van der Waals surface area contributed by atoms with Crippen LogP contribution in [0.25, 0.3) is 10.9 Å². The minimum atomic E-state index is -4.54. The van der Waals surface area contributed by atoms with Gasteiger partial charge in [-0.1, -0.05) is 13.0 Å². The van der Waals surface area contributed by atoms with Crippen LogP contribution in [-0.4, -0.2) is 16.6 Å². The van der Waals surface area contributed by atoms with Crippen LogP contribution in [0.4, 0.5) is 26.3 Å². The van der Waals surface area contributed by atoms with Crippen LogP contribution in [0.2, 0.25) is 0 Å². The maximum atomic E-state index is 13.8. The first-order valence-electron chi connectivity index (χ1n) is 9.08. The molecule has 1 amide bonds. The summed E-state index contributed by atoms with van der Waals surface area (Å²) in [5, 5.41) is 3.02. The molecule has 0 saturated heterocycles. The van der Waals surface area contributed by atoms with Crippen molar-refractivity contribution in [3.05, 3.63) is 70.0 Å². The Kier molecular flexibility index (Phi) is 6.49. The molecular formula is C21H16F6N2OS. The quantitative estimate of drug-likeness (QED) is 0.289. The zero-order valence-electron chi connectivity index (χ0n) is 16.3. The molecule has 0 radical (unpaired) electrons. The van der Waals surface area contributed by atoms with E-state index in [0.717, 1.165) is 23.9 Å². The van der Waals surface area contributed by atoms with E-state index in [4.69, 9.17) is 0 Å². The minimum Gasteiger partial charge on any atom is -0.348 e. The van der Waals surface area contributed by atoms with E-state index in [1.54, 1.807) is 13.8 Å². The molecule has 31 heavy (non-hydrogen) atoms. The average Bonchev–Trinajstić information content (AvgIpc) is 2.69. The van der Waals surface area contributed by atoms with Gasteiger partial charge >= 0.3 is 6.18 Å². The molecule has 10 heteroatoms. The summed E-state index contributed by atoms with van der Waals surface area (Å²) >= 11 is 1.16. The number of nitrogens with one attached hydrogen (secondary N) is 1. The van der Waals surface area contributed by atoms with E-state index in [1.807, 2.05) is 0 Å². The van der Waals surface area contributed by atoms with E-state index < -0.39 is 41.6 Å². The highest BCUT2D eigenvalue weighted by molar-refractivity contribution is 7.99. The first-order valence-corrected chi connectivity index (χ1v) is 10.1. The number of thioether (sulfide) groups is 1. The van der Waals surface area contributed by atoms with Gasteiger partial charge in [0.25, 0.3) is 5.91 Å². The summed E-state index contributed by atoms with van der Waals surface area (Å²) in [6.45, 7) is 2.95. The van der Waals surface area contributed by atoms with Crippen LogP contribution in [0.15, 0.2) is 35.4 Å². The number of pyridine rings is 1. The highest BCUT2D eigenvalue weighted by Crippen LogP contribution is 2.34. The Bertz CT molecular complexity index is 1160. The van der Waals surface area contributed by atoms with Gasteiger partial charge in [0.05, 0.1) is 16.6 Å². The maximum Gasteiger partial charge on any atom is 0.416 e. The van der Waals surface area contributed by atoms with Crippen LogP contribution in [0.3, 0.4) is 0 Å². The number of nitrogens with zero attached hydrogens (tertiary/aromatic N) is 1. The zero-order chi connectivity index (χ0) is 22.9. The van der Waals surface area contributed by atoms with Gasteiger partial charge in [0.1, 0.15) is 10.8 Å². The third kappa shape index (κ3) is 4.79. The zero-order valence-corrected chi connectivity index (χ0v) is 17.1. The number of carbonyl (C=O) groups is 1. The first kappa shape index (κ1) is 22.9. The number of hydrogen-bond acceptors (Lipinski definition) is 3. The lowest BCUT2D eigenvalue weighted by molar-refractivity contribution is -0.137. The number of amides is 1. The number of rotatable bonds is 5. The van der Waals surface area contributed by atoms with Crippen LogP contribution in [-0.2, 0) is 12.7 Å². The van der Waals surface area contributed by atoms with Gasteiger partial charge in [0.15, 0.2) is 11.6 Å². The third-order valence-corrected chi connectivity index (χ3v) is 5.43. The number of fused-ring (bicyclic) bond motifs is 1. The van der Waals surface area contributed by atoms with Crippen molar-refractivity contribution < 1.29 is 31.1 Å². The predicted octanol–water partition coefficient (Wildman–Crippen LogP) is 6.02. The Hall–Kier alpha value is -2.75. The molecule has 1 aromatic heterocycles. The molecule has 0 atom stereocenters. The largest absolute Gasteiger partial charge is 0.416 e. The summed E-state index contributed by atoms with van der Waals surface area (Å²) in [4.78, 5) is 17.1. The summed E-state index contributed by atoms with van der Waals surface area (Å²) in [5.41, 5.74) is -0.491. The molecule has 0 aliphatic heterocycles. The Morgan fingerprint density at radius 3 is 2.39 bits per heavy atom. The molecule has 0 fully saturated rings. The van der Waals surface area contributed by atoms with Crippen LogP contribution in [0.5, 0.6) is 0 Å². The lowest BCUT2D eigenvalue weighted by Gasteiger charge is -2.15. The molecule has 0 unspecified atom stereocenters. The van der Waals surface area contributed by atoms with Gasteiger partial charge in [-0.25, -0.2) is 18.2 Å². The predicted molar refractivity (Wildman–Crippen MR) is 105 cm³/mol. The Labute approximate surface area is 177 Å². The second-order valence-electron chi connectivity index (χ2n) is 6.62. The number of halogens is 6. The van der Waals surface area contributed by atoms with E-state index in [9.17, 15) is 31.1 Å². The number of aryl methyl sites for hydroxylation is 1. The third-order valence-electron chi connectivity index (χ3n) is 4.58. The molecule has 0 spiro atoms. The number of alkyl halides is 3. The molecule has 164 valence electrons. The van der Waals surface area contributed by atoms with Gasteiger partial charge in [-0.05, 0) is 36.4 Å². The molecule has 1 heterocycles. The van der Waals surface area contributed by atoms with Crippen molar-refractivity contribution >= 4 is 28.6 Å². The molecule has 3 aromatic rings. The van der Waals surface area contributed by atoms with Crippen LogP contribution in [0, 0.1) is 24.4 Å². The second-order valence-corrected chi connectivity index (χ2v) is 7.87. The molecule has 2 aromatic carbocycles. The summed E-state index contributed by atoms with van der Waals surface area (Å²) in [7, 11) is 0. The summed E-state index contributed by atoms with van der Waals surface area (Å²) in [5.74, 6) is -3.78. The normalized spacial score (nSPS) is 11.7. The highest BCUT2D eigenvalue weighted by Gasteiger charge is 2.31. The van der Waals surface area contributed by atoms with Gasteiger partial charge in [-0.3, -0.25) is 4.79 Å². The number of aromatic nitrogens is 1. The van der Waals surface area contributed by atoms with Crippen LogP contribution < -0.4 is 5.32 Å². The second kappa shape index (κ2) is 8.78. The van der Waals surface area contributed by atoms with E-state index >= 15 is 0 Å². The standard InChI is InChI=1S/C21H16F6N2OS/c1-3-31-20-18(19(30)28-9-11-6-15(23)16(24)8-14(11)22)10(2)13-5-4-12(21(25,26)27)7-17(13)29-20/h4-8H,3,9H2,1-2H3,(H,28,30). The van der Waals surface area contributed by atoms with Crippen molar-refractivity contribution in [1.29, 1.82) is 0 Å². The monoisotopic (exact) mass is 458 g/mol. The highest BCUT2D eigenvalue weighted by atomic mass is 32.2. The van der Waals surface area contributed by atoms with Crippen molar-refractivity contribution in [3.63, 3.8) is 0 Å². The Balaban J connectivity index is 2.00. The summed E-state index contributed by atoms with van der Waals surface area (Å²) in [6.07, 6.45) is -4.54. The van der Waals surface area contributed by atoms with Gasteiger partial charge in [0, 0.05) is 23.6 Å². The molecular weight excluding hydrogens is 442 g/mol. The van der Waals surface area contributed by atoms with E-state index in [2.05, 4.69) is 10.3 Å². The van der Waals surface area contributed by atoms with E-state index in [-0.39, 0.29) is 21.7 Å². The average molecular weight is 458 g/mol. The number of carbonyl (C=O) groups excluding carboxylic acids is 1. The van der Waals surface area contributed by atoms with Gasteiger partial charge in [-0.2, -0.15) is 13.2 Å². The van der Waals surface area contributed by atoms with Crippen molar-refractivity contribution in [2.24, 2.45) is 0 Å². The van der Waals surface area contributed by atoms with Crippen LogP contribution >= 0.6 is 11.8 Å². The SMILES string of the molecule is CCSc1nc2cc(C(F)(F)F)ccc2c(C)c1C(=O)NCc1cc(F)c(F)cc1F. The van der Waals surface area contributed by atoms with Crippen LogP contribution in [0.1, 0.15) is 34.0 Å². The Morgan fingerprint density at radius 2 is 1.74 bits per heavy atom. The molecule has 1 N–H and O–H groups in total. The fourth-order valence-electron chi connectivity index (χ4n) is 3.05. The smallest absolute Gasteiger partial charge is 0.348 e. The fourth-order valence-corrected chi connectivity index (χ4v) is 3.88. The number of hydrogen-bond donors (Lipinski definition) is 1. The Morgan fingerprint density at radius 1 is 1.06 bits per heavy atom. The van der Waals surface area contributed by atoms with Crippen molar-refractivity contribution in [1.82, 2.24) is 10.3 Å². The van der Waals surface area contributed by atoms with Crippen molar-refractivity contribution in [2.45, 2.75) is 31.6 Å². The number of benzene rings is 2. The van der Waals surface area contributed by atoms with E-state index in [0.29, 0.717) is 28.8 Å². The minimum absolute atomic E-state index is 0.0893. The first-order chi connectivity index (χ1) is 14.5. The summed E-state index contributed by atoms with van der Waals surface area (Å²) < 4.78 is 79.4. The van der Waals surface area contributed by atoms with Gasteiger partial charge < -0.3 is 5.32 Å².